The van der Waals surface area contributed by atoms with E-state index in [0.29, 0.717) is 25.2 Å². The maximum absolute atomic E-state index is 12.7. The average molecular weight is 370 g/mol. The number of hydrogen-bond acceptors (Lipinski definition) is 4. The predicted octanol–water partition coefficient (Wildman–Crippen LogP) is 2.23. The van der Waals surface area contributed by atoms with Gasteiger partial charge in [-0.15, -0.1) is 0 Å². The lowest BCUT2D eigenvalue weighted by Crippen LogP contribution is -2.30. The highest BCUT2D eigenvalue weighted by Gasteiger charge is 2.22. The first kappa shape index (κ1) is 19.6. The highest BCUT2D eigenvalue weighted by atomic mass is 16.3. The van der Waals surface area contributed by atoms with Crippen molar-refractivity contribution in [2.45, 2.75) is 44.9 Å². The number of carbonyl (C=O) groups excluding carboxylic acids is 1. The molecule has 27 heavy (non-hydrogen) atoms. The Kier molecular flexibility index (Phi) is 6.63. The molecule has 1 atom stereocenters. The molecule has 1 aromatic carbocycles. The zero-order valence-corrected chi connectivity index (χ0v) is 16.3. The van der Waals surface area contributed by atoms with Gasteiger partial charge in [0.1, 0.15) is 6.10 Å². The highest BCUT2D eigenvalue weighted by Crippen LogP contribution is 2.19. The number of rotatable bonds is 7. The molecule has 6 nitrogen and oxygen atoms in total. The van der Waals surface area contributed by atoms with Gasteiger partial charge in [-0.05, 0) is 45.0 Å². The second kappa shape index (κ2) is 9.15. The van der Waals surface area contributed by atoms with Crippen LogP contribution in [0.3, 0.4) is 0 Å². The summed E-state index contributed by atoms with van der Waals surface area (Å²) < 4.78 is 1.95. The van der Waals surface area contributed by atoms with Crippen molar-refractivity contribution in [3.63, 3.8) is 0 Å². The Balaban J connectivity index is 1.57. The molecule has 0 fully saturated rings. The lowest BCUT2D eigenvalue weighted by atomic mass is 10.1. The van der Waals surface area contributed by atoms with Crippen LogP contribution in [0.15, 0.2) is 36.4 Å². The zero-order valence-electron chi connectivity index (χ0n) is 16.3. The number of hydrogen-bond donors (Lipinski definition) is 1. The van der Waals surface area contributed by atoms with E-state index in [4.69, 9.17) is 0 Å². The van der Waals surface area contributed by atoms with Crippen molar-refractivity contribution < 1.29 is 9.90 Å². The van der Waals surface area contributed by atoms with Crippen LogP contribution in [0.25, 0.3) is 0 Å². The van der Waals surface area contributed by atoms with Gasteiger partial charge in [-0.25, -0.2) is 0 Å². The minimum atomic E-state index is -0.602. The van der Waals surface area contributed by atoms with E-state index in [1.54, 1.807) is 0 Å². The topological polar surface area (TPSA) is 61.6 Å². The van der Waals surface area contributed by atoms with Crippen LogP contribution in [-0.2, 0) is 24.3 Å². The van der Waals surface area contributed by atoms with E-state index in [-0.39, 0.29) is 5.91 Å². The molecule has 1 aliphatic heterocycles. The second-order valence-electron chi connectivity index (χ2n) is 7.57. The van der Waals surface area contributed by atoms with E-state index in [9.17, 15) is 9.90 Å². The summed E-state index contributed by atoms with van der Waals surface area (Å²) in [6.45, 7) is 2.67. The van der Waals surface area contributed by atoms with Gasteiger partial charge in [-0.3, -0.25) is 9.48 Å². The molecule has 6 heteroatoms. The Labute approximate surface area is 161 Å². The summed E-state index contributed by atoms with van der Waals surface area (Å²) in [6.07, 6.45) is 2.65. The molecule has 0 radical (unpaired) electrons. The van der Waals surface area contributed by atoms with Gasteiger partial charge in [-0.1, -0.05) is 30.3 Å². The third kappa shape index (κ3) is 5.40. The van der Waals surface area contributed by atoms with Crippen molar-refractivity contribution in [3.8, 4) is 0 Å². The number of likely N-dealkylation sites (N-methyl/N-ethyl adjacent to an activating group) is 1. The monoisotopic (exact) mass is 370 g/mol. The first-order valence-electron chi connectivity index (χ1n) is 9.74. The Morgan fingerprint density at radius 1 is 1.26 bits per heavy atom. The summed E-state index contributed by atoms with van der Waals surface area (Å²) in [5, 5.41) is 14.9. The van der Waals surface area contributed by atoms with Crippen molar-refractivity contribution in [2.24, 2.45) is 0 Å². The Morgan fingerprint density at radius 3 is 2.78 bits per heavy atom. The van der Waals surface area contributed by atoms with Gasteiger partial charge < -0.3 is 14.9 Å². The standard InChI is InChI=1S/C21H30N4O2/c1-23(2)16-20(26)19-14-18-15-24(12-7-13-25(18)22-19)21(27)11-6-10-17-8-4-3-5-9-17/h3-5,8-9,14,20,26H,6-7,10-13,15-16H2,1-2H3/t20-/m1/s1. The van der Waals surface area contributed by atoms with E-state index in [1.165, 1.54) is 5.56 Å². The number of aryl methyl sites for hydroxylation is 2. The molecule has 0 bridgehead atoms. The zero-order chi connectivity index (χ0) is 19.2. The lowest BCUT2D eigenvalue weighted by Gasteiger charge is -2.20. The molecule has 0 saturated heterocycles. The van der Waals surface area contributed by atoms with Gasteiger partial charge in [0.2, 0.25) is 5.91 Å². The molecule has 1 aliphatic rings. The SMILES string of the molecule is CN(C)C[C@@H](O)c1cc2n(n1)CCCN(C(=O)CCCc1ccccc1)C2. The molecule has 0 unspecified atom stereocenters. The van der Waals surface area contributed by atoms with E-state index in [0.717, 1.165) is 38.0 Å². The molecule has 3 rings (SSSR count). The molecule has 0 aliphatic carbocycles. The molecule has 1 amide bonds. The molecule has 0 spiro atoms. The summed E-state index contributed by atoms with van der Waals surface area (Å²) in [5.74, 6) is 0.205. The maximum atomic E-state index is 12.7. The molecular formula is C21H30N4O2. The molecule has 0 saturated carbocycles. The molecule has 1 aromatic heterocycles. The third-order valence-electron chi connectivity index (χ3n) is 4.96. The largest absolute Gasteiger partial charge is 0.385 e. The Hall–Kier alpha value is -2.18. The number of aromatic nitrogens is 2. The second-order valence-corrected chi connectivity index (χ2v) is 7.57. The molecule has 2 heterocycles. The number of fused-ring (bicyclic) bond motifs is 1. The quantitative estimate of drug-likeness (QED) is 0.812. The highest BCUT2D eigenvalue weighted by molar-refractivity contribution is 5.76. The van der Waals surface area contributed by atoms with Crippen LogP contribution in [-0.4, -0.2) is 57.8 Å². The number of benzene rings is 1. The van der Waals surface area contributed by atoms with Crippen LogP contribution in [0.1, 0.15) is 42.3 Å². The third-order valence-corrected chi connectivity index (χ3v) is 4.96. The van der Waals surface area contributed by atoms with Crippen LogP contribution >= 0.6 is 0 Å². The lowest BCUT2D eigenvalue weighted by molar-refractivity contribution is -0.131. The van der Waals surface area contributed by atoms with Gasteiger partial charge in [0, 0.05) is 26.1 Å². The summed E-state index contributed by atoms with van der Waals surface area (Å²) >= 11 is 0. The number of nitrogens with zero attached hydrogens (tertiary/aromatic N) is 4. The van der Waals surface area contributed by atoms with Gasteiger partial charge >= 0.3 is 0 Å². The van der Waals surface area contributed by atoms with Gasteiger partial charge in [0.05, 0.1) is 17.9 Å². The summed E-state index contributed by atoms with van der Waals surface area (Å²) in [7, 11) is 3.86. The van der Waals surface area contributed by atoms with Crippen molar-refractivity contribution in [1.29, 1.82) is 0 Å². The fraction of sp³-hybridized carbons (Fsp3) is 0.524. The van der Waals surface area contributed by atoms with E-state index in [2.05, 4.69) is 17.2 Å². The number of aliphatic hydroxyl groups is 1. The van der Waals surface area contributed by atoms with E-state index >= 15 is 0 Å². The van der Waals surface area contributed by atoms with Crippen molar-refractivity contribution in [1.82, 2.24) is 19.6 Å². The van der Waals surface area contributed by atoms with Crippen LogP contribution in [0.4, 0.5) is 0 Å². The molecule has 2 aromatic rings. The van der Waals surface area contributed by atoms with E-state index < -0.39 is 6.10 Å². The van der Waals surface area contributed by atoms with Gasteiger partial charge in [0.15, 0.2) is 0 Å². The summed E-state index contributed by atoms with van der Waals surface area (Å²) in [4.78, 5) is 16.6. The predicted molar refractivity (Wildman–Crippen MR) is 105 cm³/mol. The number of carbonyl (C=O) groups is 1. The normalized spacial score (nSPS) is 15.5. The smallest absolute Gasteiger partial charge is 0.222 e. The summed E-state index contributed by atoms with van der Waals surface area (Å²) in [5.41, 5.74) is 2.98. The van der Waals surface area contributed by atoms with Gasteiger partial charge in [-0.2, -0.15) is 5.10 Å². The fourth-order valence-corrected chi connectivity index (χ4v) is 3.55. The first-order valence-corrected chi connectivity index (χ1v) is 9.74. The minimum Gasteiger partial charge on any atom is -0.385 e. The number of aliphatic hydroxyl groups excluding tert-OH is 1. The van der Waals surface area contributed by atoms with Crippen molar-refractivity contribution >= 4 is 5.91 Å². The van der Waals surface area contributed by atoms with Crippen LogP contribution in [0, 0.1) is 0 Å². The average Bonchev–Trinajstić information content (AvgIpc) is 2.94. The molecule has 1 N–H and O–H groups in total. The fourth-order valence-electron chi connectivity index (χ4n) is 3.55. The Bertz CT molecular complexity index is 742. The van der Waals surface area contributed by atoms with Crippen molar-refractivity contribution in [2.75, 3.05) is 27.2 Å². The maximum Gasteiger partial charge on any atom is 0.222 e. The van der Waals surface area contributed by atoms with E-state index in [1.807, 2.05) is 52.8 Å². The van der Waals surface area contributed by atoms with Crippen LogP contribution in [0.5, 0.6) is 0 Å². The number of amides is 1. The molecular weight excluding hydrogens is 340 g/mol. The first-order chi connectivity index (χ1) is 13.0. The summed E-state index contributed by atoms with van der Waals surface area (Å²) in [6, 6.07) is 12.2. The van der Waals surface area contributed by atoms with Crippen LogP contribution < -0.4 is 0 Å². The van der Waals surface area contributed by atoms with Gasteiger partial charge in [0.25, 0.3) is 0 Å². The van der Waals surface area contributed by atoms with Crippen molar-refractivity contribution in [3.05, 3.63) is 53.3 Å². The minimum absolute atomic E-state index is 0.205. The van der Waals surface area contributed by atoms with Crippen LogP contribution in [0.2, 0.25) is 0 Å². The Morgan fingerprint density at radius 2 is 2.04 bits per heavy atom. The molecule has 146 valence electrons.